The molecular formula is C17H20N4. The van der Waals surface area contributed by atoms with E-state index in [0.717, 1.165) is 28.0 Å². The van der Waals surface area contributed by atoms with E-state index in [2.05, 4.69) is 52.8 Å². The summed E-state index contributed by atoms with van der Waals surface area (Å²) >= 11 is 0. The van der Waals surface area contributed by atoms with Gasteiger partial charge in [-0.3, -0.25) is 9.67 Å². The van der Waals surface area contributed by atoms with E-state index in [0.29, 0.717) is 0 Å². The Kier molecular flexibility index (Phi) is 3.37. The Morgan fingerprint density at radius 2 is 1.95 bits per heavy atom. The highest BCUT2D eigenvalue weighted by Gasteiger charge is 2.13. The number of rotatable bonds is 3. The van der Waals surface area contributed by atoms with Crippen LogP contribution in [0.1, 0.15) is 29.9 Å². The molecule has 1 atom stereocenters. The Morgan fingerprint density at radius 3 is 2.67 bits per heavy atom. The van der Waals surface area contributed by atoms with Crippen LogP contribution in [0.5, 0.6) is 0 Å². The van der Waals surface area contributed by atoms with Gasteiger partial charge in [-0.05, 0) is 32.9 Å². The van der Waals surface area contributed by atoms with Gasteiger partial charge in [0.15, 0.2) is 0 Å². The lowest BCUT2D eigenvalue weighted by atomic mass is 10.1. The summed E-state index contributed by atoms with van der Waals surface area (Å²) in [7, 11) is 1.95. The number of hydrogen-bond donors (Lipinski definition) is 1. The molecule has 1 unspecified atom stereocenters. The lowest BCUT2D eigenvalue weighted by Gasteiger charge is -2.16. The van der Waals surface area contributed by atoms with E-state index in [1.54, 1.807) is 0 Å². The van der Waals surface area contributed by atoms with Crippen molar-refractivity contribution < 1.29 is 0 Å². The first-order valence-electron chi connectivity index (χ1n) is 7.17. The maximum Gasteiger partial charge on any atom is 0.0936 e. The quantitative estimate of drug-likeness (QED) is 0.794. The lowest BCUT2D eigenvalue weighted by molar-refractivity contribution is 0.756. The van der Waals surface area contributed by atoms with Crippen LogP contribution in [0, 0.1) is 13.8 Å². The number of nitrogens with zero attached hydrogens (tertiary/aromatic N) is 3. The smallest absolute Gasteiger partial charge is 0.0936 e. The molecule has 0 radical (unpaired) electrons. The second kappa shape index (κ2) is 5.20. The number of benzene rings is 1. The molecule has 1 N–H and O–H groups in total. The molecule has 0 amide bonds. The monoisotopic (exact) mass is 280 g/mol. The van der Waals surface area contributed by atoms with E-state index in [1.165, 1.54) is 5.56 Å². The minimum absolute atomic E-state index is 0.187. The fourth-order valence-corrected chi connectivity index (χ4v) is 2.72. The van der Waals surface area contributed by atoms with Crippen molar-refractivity contribution in [3.8, 4) is 0 Å². The van der Waals surface area contributed by atoms with Crippen LogP contribution in [0.2, 0.25) is 0 Å². The molecule has 3 aromatic rings. The molecule has 0 spiro atoms. The number of aromatic nitrogens is 3. The molecular weight excluding hydrogens is 260 g/mol. The van der Waals surface area contributed by atoms with Gasteiger partial charge in [0, 0.05) is 29.9 Å². The number of fused-ring (bicyclic) bond motifs is 1. The zero-order valence-corrected chi connectivity index (χ0v) is 12.9. The van der Waals surface area contributed by atoms with Gasteiger partial charge >= 0.3 is 0 Å². The molecule has 4 heteroatoms. The van der Waals surface area contributed by atoms with Crippen LogP contribution in [0.3, 0.4) is 0 Å². The van der Waals surface area contributed by atoms with Crippen LogP contribution in [0.15, 0.2) is 36.5 Å². The van der Waals surface area contributed by atoms with Crippen LogP contribution in [-0.4, -0.2) is 14.8 Å². The van der Waals surface area contributed by atoms with Gasteiger partial charge < -0.3 is 5.32 Å². The molecule has 0 aliphatic rings. The molecule has 2 aromatic heterocycles. The summed E-state index contributed by atoms with van der Waals surface area (Å²) in [6, 6.07) is 10.6. The van der Waals surface area contributed by atoms with Gasteiger partial charge in [-0.2, -0.15) is 5.10 Å². The second-order valence-corrected chi connectivity index (χ2v) is 5.54. The van der Waals surface area contributed by atoms with E-state index >= 15 is 0 Å². The minimum atomic E-state index is 0.187. The van der Waals surface area contributed by atoms with Crippen molar-refractivity contribution in [3.05, 3.63) is 53.5 Å². The first kappa shape index (κ1) is 13.6. The van der Waals surface area contributed by atoms with Crippen LogP contribution in [0.25, 0.3) is 10.9 Å². The molecule has 0 saturated carbocycles. The van der Waals surface area contributed by atoms with Crippen LogP contribution >= 0.6 is 0 Å². The molecule has 4 nitrogen and oxygen atoms in total. The Hall–Kier alpha value is -2.36. The number of anilines is 1. The molecule has 1 aromatic carbocycles. The van der Waals surface area contributed by atoms with Gasteiger partial charge in [0.25, 0.3) is 0 Å². The lowest BCUT2D eigenvalue weighted by Crippen LogP contribution is -2.08. The van der Waals surface area contributed by atoms with Gasteiger partial charge in [0.05, 0.1) is 22.9 Å². The van der Waals surface area contributed by atoms with Gasteiger partial charge in [-0.15, -0.1) is 0 Å². The van der Waals surface area contributed by atoms with E-state index < -0.39 is 0 Å². The fourth-order valence-electron chi connectivity index (χ4n) is 2.72. The second-order valence-electron chi connectivity index (χ2n) is 5.54. The maximum absolute atomic E-state index is 4.67. The van der Waals surface area contributed by atoms with E-state index in [4.69, 9.17) is 0 Å². The van der Waals surface area contributed by atoms with Crippen LogP contribution in [0.4, 0.5) is 5.69 Å². The summed E-state index contributed by atoms with van der Waals surface area (Å²) < 4.78 is 1.86. The third-order valence-corrected chi connectivity index (χ3v) is 3.75. The van der Waals surface area contributed by atoms with Crippen LogP contribution < -0.4 is 5.32 Å². The van der Waals surface area contributed by atoms with Crippen molar-refractivity contribution in [2.75, 3.05) is 5.32 Å². The first-order valence-corrected chi connectivity index (χ1v) is 7.17. The average Bonchev–Trinajstić information content (AvgIpc) is 2.78. The van der Waals surface area contributed by atoms with Crippen molar-refractivity contribution in [2.24, 2.45) is 7.05 Å². The van der Waals surface area contributed by atoms with Crippen LogP contribution in [-0.2, 0) is 7.05 Å². The van der Waals surface area contributed by atoms with E-state index in [1.807, 2.05) is 31.6 Å². The average molecular weight is 280 g/mol. The summed E-state index contributed by atoms with van der Waals surface area (Å²) in [6.07, 6.45) is 2.07. The topological polar surface area (TPSA) is 42.7 Å². The molecule has 108 valence electrons. The minimum Gasteiger partial charge on any atom is -0.377 e. The van der Waals surface area contributed by atoms with Gasteiger partial charge in [0.2, 0.25) is 0 Å². The Labute approximate surface area is 124 Å². The molecule has 2 heterocycles. The van der Waals surface area contributed by atoms with Crippen molar-refractivity contribution in [2.45, 2.75) is 26.8 Å². The Morgan fingerprint density at radius 1 is 1.14 bits per heavy atom. The van der Waals surface area contributed by atoms with E-state index in [9.17, 15) is 0 Å². The predicted octanol–water partition coefficient (Wildman–Crippen LogP) is 3.76. The zero-order valence-electron chi connectivity index (χ0n) is 12.9. The number of pyridine rings is 1. The molecule has 0 aliphatic heterocycles. The van der Waals surface area contributed by atoms with Crippen molar-refractivity contribution in [1.82, 2.24) is 14.8 Å². The highest BCUT2D eigenvalue weighted by molar-refractivity contribution is 5.90. The normalized spacial score (nSPS) is 12.6. The highest BCUT2D eigenvalue weighted by atomic mass is 15.3. The summed E-state index contributed by atoms with van der Waals surface area (Å²) in [5.74, 6) is 0. The maximum atomic E-state index is 4.67. The molecule has 3 rings (SSSR count). The standard InChI is InChI=1S/C17H20N4/c1-11-8-9-14-6-5-7-16(17(14)18-11)19-12(2)15-10-21(4)20-13(15)3/h5-10,12,19H,1-4H3. The third-order valence-electron chi connectivity index (χ3n) is 3.75. The summed E-state index contributed by atoms with van der Waals surface area (Å²) in [5, 5.41) is 9.13. The number of nitrogens with one attached hydrogen (secondary N) is 1. The van der Waals surface area contributed by atoms with E-state index in [-0.39, 0.29) is 6.04 Å². The Bertz CT molecular complexity index is 789. The van der Waals surface area contributed by atoms with Gasteiger partial charge in [0.1, 0.15) is 0 Å². The number of para-hydroxylation sites is 1. The van der Waals surface area contributed by atoms with Gasteiger partial charge in [-0.1, -0.05) is 18.2 Å². The molecule has 0 aliphatic carbocycles. The fraction of sp³-hybridized carbons (Fsp3) is 0.294. The predicted molar refractivity (Wildman–Crippen MR) is 86.5 cm³/mol. The summed E-state index contributed by atoms with van der Waals surface area (Å²) in [5.41, 5.74) is 5.38. The largest absolute Gasteiger partial charge is 0.377 e. The summed E-state index contributed by atoms with van der Waals surface area (Å²) in [6.45, 7) is 6.21. The molecule has 21 heavy (non-hydrogen) atoms. The third kappa shape index (κ3) is 2.61. The SMILES string of the molecule is Cc1ccc2cccc(NC(C)c3cn(C)nc3C)c2n1. The molecule has 0 fully saturated rings. The van der Waals surface area contributed by atoms with Crippen molar-refractivity contribution in [3.63, 3.8) is 0 Å². The summed E-state index contributed by atoms with van der Waals surface area (Å²) in [4.78, 5) is 4.67. The molecule has 0 bridgehead atoms. The van der Waals surface area contributed by atoms with Crippen molar-refractivity contribution >= 4 is 16.6 Å². The number of hydrogen-bond acceptors (Lipinski definition) is 3. The Balaban J connectivity index is 1.98. The first-order chi connectivity index (χ1) is 10.0. The zero-order chi connectivity index (χ0) is 15.0. The highest BCUT2D eigenvalue weighted by Crippen LogP contribution is 2.26. The van der Waals surface area contributed by atoms with Gasteiger partial charge in [-0.25, -0.2) is 0 Å². The number of aryl methyl sites for hydroxylation is 3. The van der Waals surface area contributed by atoms with Crippen molar-refractivity contribution in [1.29, 1.82) is 0 Å². The molecule has 0 saturated heterocycles.